The van der Waals surface area contributed by atoms with E-state index in [1.54, 1.807) is 0 Å². The highest BCUT2D eigenvalue weighted by Crippen LogP contribution is 2.01. The van der Waals surface area contributed by atoms with Gasteiger partial charge < -0.3 is 0 Å². The highest BCUT2D eigenvalue weighted by molar-refractivity contribution is 5.59. The van der Waals surface area contributed by atoms with Crippen molar-refractivity contribution < 1.29 is 0 Å². The van der Waals surface area contributed by atoms with E-state index in [9.17, 15) is 0 Å². The van der Waals surface area contributed by atoms with Gasteiger partial charge in [-0.25, -0.2) is 10.3 Å². The van der Waals surface area contributed by atoms with Crippen LogP contribution in [0.5, 0.6) is 0 Å². The van der Waals surface area contributed by atoms with Gasteiger partial charge in [0, 0.05) is 0 Å². The number of aliphatic imine (C=N–C) groups is 1. The van der Waals surface area contributed by atoms with E-state index in [0.717, 1.165) is 12.1 Å². The molecular weight excluding hydrogens is 88.1 g/mol. The van der Waals surface area contributed by atoms with Gasteiger partial charge in [0.25, 0.3) is 0 Å². The number of rotatable bonds is 1. The first-order valence-electron chi connectivity index (χ1n) is 2.27. The van der Waals surface area contributed by atoms with Gasteiger partial charge in [-0.3, -0.25) is 0 Å². The summed E-state index contributed by atoms with van der Waals surface area (Å²) in [6.45, 7) is 2.03. The van der Waals surface area contributed by atoms with Crippen LogP contribution in [0.3, 0.4) is 0 Å². The molecule has 36 valence electrons. The van der Waals surface area contributed by atoms with Gasteiger partial charge in [-0.1, -0.05) is 6.92 Å². The predicted octanol–water partition coefficient (Wildman–Crippen LogP) is 0.687. The molecule has 0 N–H and O–H groups in total. The molecular formula is C5H6N2. The molecule has 2 heteroatoms. The minimum Gasteiger partial charge on any atom is -0.239 e. The zero-order valence-electron chi connectivity index (χ0n) is 4.18. The number of hydrogen-bond acceptors (Lipinski definition) is 1. The average Bonchev–Trinajstić information content (AvgIpc) is 2.14. The molecule has 7 heavy (non-hydrogen) atoms. The summed E-state index contributed by atoms with van der Waals surface area (Å²) in [4.78, 5) is 3.87. The van der Waals surface area contributed by atoms with Crippen molar-refractivity contribution in [1.82, 2.24) is 5.32 Å². The van der Waals surface area contributed by atoms with Crippen LogP contribution >= 0.6 is 0 Å². The summed E-state index contributed by atoms with van der Waals surface area (Å²) in [6.07, 6.45) is 5.17. The molecule has 0 bridgehead atoms. The van der Waals surface area contributed by atoms with Gasteiger partial charge in [0.15, 0.2) is 0 Å². The van der Waals surface area contributed by atoms with E-state index in [0.29, 0.717) is 0 Å². The lowest BCUT2D eigenvalue weighted by Gasteiger charge is -1.80. The fraction of sp³-hybridized carbons (Fsp3) is 0.400. The van der Waals surface area contributed by atoms with E-state index in [-0.39, 0.29) is 0 Å². The first-order chi connectivity index (χ1) is 3.43. The minimum absolute atomic E-state index is 0.931. The molecule has 0 spiro atoms. The molecule has 1 aliphatic rings. The number of hydrogen-bond donors (Lipinski definition) is 0. The molecule has 1 heterocycles. The Kier molecular flexibility index (Phi) is 1.11. The summed E-state index contributed by atoms with van der Waals surface area (Å²) in [7, 11) is 0. The smallest absolute Gasteiger partial charge is 0.116 e. The van der Waals surface area contributed by atoms with Gasteiger partial charge in [-0.15, -0.1) is 0 Å². The van der Waals surface area contributed by atoms with Crippen molar-refractivity contribution in [3.8, 4) is 0 Å². The molecule has 0 aromatic carbocycles. The Bertz CT molecular complexity index is 113. The van der Waals surface area contributed by atoms with Crippen molar-refractivity contribution in [2.24, 2.45) is 4.99 Å². The van der Waals surface area contributed by atoms with Gasteiger partial charge >= 0.3 is 0 Å². The summed E-state index contributed by atoms with van der Waals surface area (Å²) >= 11 is 0. The monoisotopic (exact) mass is 94.1 g/mol. The second kappa shape index (κ2) is 1.78. The van der Waals surface area contributed by atoms with Crippen molar-refractivity contribution in [2.45, 2.75) is 13.3 Å². The van der Waals surface area contributed by atoms with Gasteiger partial charge in [-0.2, -0.15) is 0 Å². The molecule has 0 aromatic heterocycles. The largest absolute Gasteiger partial charge is 0.239 e. The van der Waals surface area contributed by atoms with Gasteiger partial charge in [-0.05, 0) is 6.42 Å². The fourth-order valence-electron chi connectivity index (χ4n) is 0.401. The molecule has 0 fully saturated rings. The minimum atomic E-state index is 0.931. The van der Waals surface area contributed by atoms with E-state index < -0.39 is 0 Å². The Hall–Kier alpha value is -0.790. The van der Waals surface area contributed by atoms with Crippen LogP contribution in [0, 0.1) is 6.20 Å². The maximum Gasteiger partial charge on any atom is 0.116 e. The molecule has 0 atom stereocenters. The molecule has 1 rings (SSSR count). The quantitative estimate of drug-likeness (QED) is 0.457. The zero-order valence-corrected chi connectivity index (χ0v) is 4.18. The van der Waals surface area contributed by atoms with Crippen LogP contribution in [0.4, 0.5) is 0 Å². The van der Waals surface area contributed by atoms with E-state index in [2.05, 4.69) is 16.5 Å². The lowest BCUT2D eigenvalue weighted by molar-refractivity contribution is 1.06. The topological polar surface area (TPSA) is 26.5 Å². The Balaban J connectivity index is 2.52. The van der Waals surface area contributed by atoms with E-state index >= 15 is 0 Å². The zero-order chi connectivity index (χ0) is 5.11. The second-order valence-corrected chi connectivity index (χ2v) is 1.29. The lowest BCUT2D eigenvalue weighted by atomic mass is 10.4. The standard InChI is InChI=1S/C5H6N2/c1-2-5-3-6-4-7-5/h4H,2H2,1H3. The third-order valence-electron chi connectivity index (χ3n) is 0.800. The van der Waals surface area contributed by atoms with E-state index in [4.69, 9.17) is 0 Å². The first kappa shape index (κ1) is 4.37. The van der Waals surface area contributed by atoms with Gasteiger partial charge in [0.1, 0.15) is 12.5 Å². The van der Waals surface area contributed by atoms with Crippen molar-refractivity contribution >= 4 is 6.34 Å². The van der Waals surface area contributed by atoms with Gasteiger partial charge in [0.05, 0.1) is 5.70 Å². The van der Waals surface area contributed by atoms with Crippen molar-refractivity contribution in [3.63, 3.8) is 0 Å². The third-order valence-corrected chi connectivity index (χ3v) is 0.800. The fourth-order valence-corrected chi connectivity index (χ4v) is 0.401. The van der Waals surface area contributed by atoms with Crippen LogP contribution in [0.25, 0.3) is 0 Å². The molecule has 2 radical (unpaired) electrons. The van der Waals surface area contributed by atoms with Crippen LogP contribution in [-0.2, 0) is 0 Å². The Labute approximate surface area is 42.9 Å². The SMILES string of the molecule is CCC1=[C][N]C=N1. The summed E-state index contributed by atoms with van der Waals surface area (Å²) < 4.78 is 0. The molecule has 0 unspecified atom stereocenters. The number of allylic oxidation sites excluding steroid dienone is 1. The highest BCUT2D eigenvalue weighted by Gasteiger charge is 1.93. The molecule has 1 aliphatic heterocycles. The molecule has 2 nitrogen and oxygen atoms in total. The van der Waals surface area contributed by atoms with Crippen LogP contribution in [-0.4, -0.2) is 6.34 Å². The Morgan fingerprint density at radius 2 is 2.71 bits per heavy atom. The maximum absolute atomic E-state index is 3.87. The predicted molar refractivity (Wildman–Crippen MR) is 27.7 cm³/mol. The van der Waals surface area contributed by atoms with Crippen LogP contribution in [0.15, 0.2) is 10.7 Å². The van der Waals surface area contributed by atoms with Crippen LogP contribution in [0.1, 0.15) is 13.3 Å². The Morgan fingerprint density at radius 3 is 3.00 bits per heavy atom. The van der Waals surface area contributed by atoms with E-state index in [1.807, 2.05) is 6.92 Å². The maximum atomic E-state index is 3.87. The third kappa shape index (κ3) is 0.796. The first-order valence-corrected chi connectivity index (χ1v) is 2.27. The van der Waals surface area contributed by atoms with E-state index in [1.165, 1.54) is 6.34 Å². The lowest BCUT2D eigenvalue weighted by Crippen LogP contribution is -1.81. The summed E-state index contributed by atoms with van der Waals surface area (Å²) in [5.41, 5.74) is 0.944. The molecule has 0 saturated heterocycles. The summed E-state index contributed by atoms with van der Waals surface area (Å²) in [5, 5.41) is 3.66. The average molecular weight is 94.1 g/mol. The molecule has 0 saturated carbocycles. The second-order valence-electron chi connectivity index (χ2n) is 1.29. The van der Waals surface area contributed by atoms with Crippen molar-refractivity contribution in [2.75, 3.05) is 0 Å². The van der Waals surface area contributed by atoms with Crippen LogP contribution < -0.4 is 5.32 Å². The van der Waals surface area contributed by atoms with Crippen molar-refractivity contribution in [3.05, 3.63) is 11.9 Å². The highest BCUT2D eigenvalue weighted by atomic mass is 15.0. The normalized spacial score (nSPS) is 16.4. The Morgan fingerprint density at radius 1 is 1.86 bits per heavy atom. The molecule has 0 aliphatic carbocycles. The molecule has 0 aromatic rings. The van der Waals surface area contributed by atoms with Gasteiger partial charge in [0.2, 0.25) is 0 Å². The molecule has 0 amide bonds. The van der Waals surface area contributed by atoms with Crippen molar-refractivity contribution in [1.29, 1.82) is 0 Å². The number of nitrogens with zero attached hydrogens (tertiary/aromatic N) is 2. The summed E-state index contributed by atoms with van der Waals surface area (Å²) in [5.74, 6) is 0. The van der Waals surface area contributed by atoms with Crippen LogP contribution in [0.2, 0.25) is 0 Å². The summed E-state index contributed by atoms with van der Waals surface area (Å²) in [6, 6.07) is 0.